The number of aryl methyl sites for hydroxylation is 2. The first-order valence-corrected chi connectivity index (χ1v) is 7.93. The molecule has 0 saturated heterocycles. The zero-order valence-corrected chi connectivity index (χ0v) is 13.6. The average molecular weight is 307 g/mol. The Hall–Kier alpha value is -1.39. The lowest BCUT2D eigenvalue weighted by molar-refractivity contribution is 0.410. The summed E-state index contributed by atoms with van der Waals surface area (Å²) in [5, 5.41) is 5.37. The van der Waals surface area contributed by atoms with E-state index in [0.717, 1.165) is 41.5 Å². The second kappa shape index (κ2) is 7.05. The Balaban J connectivity index is 2.52. The van der Waals surface area contributed by atoms with Crippen LogP contribution in [0.25, 0.3) is 0 Å². The largest absolute Gasteiger partial charge is 0.326 e. The van der Waals surface area contributed by atoms with Gasteiger partial charge in [-0.15, -0.1) is 0 Å². The normalized spacial score (nSPS) is 14.1. The number of hydrogen-bond donors (Lipinski definition) is 1. The molecule has 0 amide bonds. The van der Waals surface area contributed by atoms with Crippen LogP contribution in [0, 0.1) is 0 Å². The minimum atomic E-state index is -0.0311. The summed E-state index contributed by atoms with van der Waals surface area (Å²) in [4.78, 5) is 4.60. The van der Waals surface area contributed by atoms with E-state index in [4.69, 9.17) is 17.3 Å². The van der Waals surface area contributed by atoms with Gasteiger partial charge < -0.3 is 5.73 Å². The van der Waals surface area contributed by atoms with Gasteiger partial charge in [-0.1, -0.05) is 44.5 Å². The van der Waals surface area contributed by atoms with Crippen LogP contribution >= 0.6 is 11.6 Å². The van der Waals surface area contributed by atoms with E-state index in [1.54, 1.807) is 0 Å². The van der Waals surface area contributed by atoms with Crippen LogP contribution in [-0.2, 0) is 12.8 Å². The number of halogens is 1. The Labute approximate surface area is 131 Å². The highest BCUT2D eigenvalue weighted by Gasteiger charge is 2.24. The molecule has 2 unspecified atom stereocenters. The van der Waals surface area contributed by atoms with Gasteiger partial charge in [-0.2, -0.15) is 5.10 Å². The summed E-state index contributed by atoms with van der Waals surface area (Å²) in [6.45, 7) is 6.24. The fraction of sp³-hybridized carbons (Fsp3) is 0.500. The molecule has 2 atom stereocenters. The second-order valence-electron chi connectivity index (χ2n) is 5.17. The molecule has 114 valence electrons. The van der Waals surface area contributed by atoms with Crippen molar-refractivity contribution in [2.24, 2.45) is 5.73 Å². The lowest BCUT2D eigenvalue weighted by atomic mass is 9.98. The third-order valence-corrected chi connectivity index (χ3v) is 3.94. The van der Waals surface area contributed by atoms with Crippen LogP contribution in [0.4, 0.5) is 0 Å². The summed E-state index contributed by atoms with van der Waals surface area (Å²) in [7, 11) is 0. The fourth-order valence-corrected chi connectivity index (χ4v) is 2.70. The third-order valence-electron chi connectivity index (χ3n) is 3.71. The van der Waals surface area contributed by atoms with E-state index in [2.05, 4.69) is 36.9 Å². The van der Waals surface area contributed by atoms with Crippen molar-refractivity contribution in [1.82, 2.24) is 14.8 Å². The van der Waals surface area contributed by atoms with Crippen LogP contribution in [0.15, 0.2) is 24.3 Å². The summed E-state index contributed by atoms with van der Waals surface area (Å²) in [5.41, 5.74) is 7.46. The van der Waals surface area contributed by atoms with Crippen molar-refractivity contribution in [3.05, 3.63) is 46.5 Å². The van der Waals surface area contributed by atoms with E-state index in [-0.39, 0.29) is 12.1 Å². The van der Waals surface area contributed by atoms with Gasteiger partial charge in [-0.25, -0.2) is 9.67 Å². The molecule has 0 aliphatic carbocycles. The molecule has 0 spiro atoms. The van der Waals surface area contributed by atoms with E-state index in [1.807, 2.05) is 22.9 Å². The van der Waals surface area contributed by atoms with E-state index in [0.29, 0.717) is 0 Å². The monoisotopic (exact) mass is 306 g/mol. The molecule has 0 aliphatic rings. The summed E-state index contributed by atoms with van der Waals surface area (Å²) in [6.07, 6.45) is 2.52. The van der Waals surface area contributed by atoms with Crippen molar-refractivity contribution in [3.63, 3.8) is 0 Å². The lowest BCUT2D eigenvalue weighted by Gasteiger charge is -2.25. The molecule has 0 bridgehead atoms. The zero-order chi connectivity index (χ0) is 15.4. The molecule has 0 saturated carbocycles. The van der Waals surface area contributed by atoms with Gasteiger partial charge in [0.1, 0.15) is 5.82 Å². The predicted octanol–water partition coefficient (Wildman–Crippen LogP) is 3.38. The Kier molecular flexibility index (Phi) is 5.37. The summed E-state index contributed by atoms with van der Waals surface area (Å²) >= 11 is 6.14. The van der Waals surface area contributed by atoms with E-state index >= 15 is 0 Å². The van der Waals surface area contributed by atoms with Crippen LogP contribution in [-0.4, -0.2) is 20.8 Å². The molecule has 1 aromatic heterocycles. The first-order valence-electron chi connectivity index (χ1n) is 7.55. The maximum atomic E-state index is 6.37. The number of hydrogen-bond acceptors (Lipinski definition) is 3. The van der Waals surface area contributed by atoms with Crippen molar-refractivity contribution in [2.45, 2.75) is 52.1 Å². The van der Waals surface area contributed by atoms with E-state index in [1.165, 1.54) is 0 Å². The number of nitrogens with zero attached hydrogens (tertiary/aromatic N) is 3. The predicted molar refractivity (Wildman–Crippen MR) is 86.6 cm³/mol. The zero-order valence-electron chi connectivity index (χ0n) is 12.9. The van der Waals surface area contributed by atoms with Crippen LogP contribution < -0.4 is 5.73 Å². The summed E-state index contributed by atoms with van der Waals surface area (Å²) in [6, 6.07) is 7.79. The first-order chi connectivity index (χ1) is 10.1. The highest BCUT2D eigenvalue weighted by Crippen LogP contribution is 2.26. The number of nitrogens with two attached hydrogens (primary N) is 1. The van der Waals surface area contributed by atoms with E-state index in [9.17, 15) is 0 Å². The van der Waals surface area contributed by atoms with Gasteiger partial charge in [0, 0.05) is 23.9 Å². The molecular formula is C16H23ClN4. The van der Waals surface area contributed by atoms with Gasteiger partial charge in [0.15, 0.2) is 5.82 Å². The van der Waals surface area contributed by atoms with Gasteiger partial charge in [-0.05, 0) is 24.1 Å². The van der Waals surface area contributed by atoms with Gasteiger partial charge in [-0.3, -0.25) is 0 Å². The minimum Gasteiger partial charge on any atom is -0.326 e. The maximum absolute atomic E-state index is 6.37. The molecule has 1 aromatic carbocycles. The Morgan fingerprint density at radius 3 is 2.57 bits per heavy atom. The molecule has 0 aliphatic heterocycles. The highest BCUT2D eigenvalue weighted by molar-refractivity contribution is 6.30. The number of rotatable bonds is 6. The van der Waals surface area contributed by atoms with Crippen LogP contribution in [0.3, 0.4) is 0 Å². The molecule has 0 fully saturated rings. The minimum absolute atomic E-state index is 0.0276. The molecule has 0 radical (unpaired) electrons. The first kappa shape index (κ1) is 16.0. The summed E-state index contributed by atoms with van der Waals surface area (Å²) in [5.74, 6) is 1.84. The third kappa shape index (κ3) is 3.44. The van der Waals surface area contributed by atoms with Gasteiger partial charge in [0.25, 0.3) is 0 Å². The van der Waals surface area contributed by atoms with Crippen molar-refractivity contribution >= 4 is 11.6 Å². The fourth-order valence-electron chi connectivity index (χ4n) is 2.50. The van der Waals surface area contributed by atoms with Gasteiger partial charge >= 0.3 is 0 Å². The topological polar surface area (TPSA) is 56.7 Å². The SMILES string of the molecule is CCc1nc(CC)n(C(c2cccc(Cl)c2)C(N)CC)n1. The van der Waals surface area contributed by atoms with Crippen LogP contribution in [0.1, 0.15) is 50.4 Å². The molecule has 4 nitrogen and oxygen atoms in total. The van der Waals surface area contributed by atoms with Crippen molar-refractivity contribution < 1.29 is 0 Å². The molecule has 5 heteroatoms. The van der Waals surface area contributed by atoms with Crippen LogP contribution in [0.5, 0.6) is 0 Å². The van der Waals surface area contributed by atoms with Crippen molar-refractivity contribution in [2.75, 3.05) is 0 Å². The van der Waals surface area contributed by atoms with Gasteiger partial charge in [0.2, 0.25) is 0 Å². The maximum Gasteiger partial charge on any atom is 0.150 e. The lowest BCUT2D eigenvalue weighted by Crippen LogP contribution is -2.34. The quantitative estimate of drug-likeness (QED) is 0.890. The highest BCUT2D eigenvalue weighted by atomic mass is 35.5. The molecule has 2 aromatic rings. The Morgan fingerprint density at radius 2 is 2.00 bits per heavy atom. The van der Waals surface area contributed by atoms with Crippen molar-refractivity contribution in [3.8, 4) is 0 Å². The van der Waals surface area contributed by atoms with Gasteiger partial charge in [0.05, 0.1) is 6.04 Å². The van der Waals surface area contributed by atoms with Crippen LogP contribution in [0.2, 0.25) is 5.02 Å². The molecule has 2 rings (SSSR count). The smallest absolute Gasteiger partial charge is 0.150 e. The molecule has 2 N–H and O–H groups in total. The molecular weight excluding hydrogens is 284 g/mol. The van der Waals surface area contributed by atoms with E-state index < -0.39 is 0 Å². The second-order valence-corrected chi connectivity index (χ2v) is 5.60. The Bertz CT molecular complexity index is 594. The number of aromatic nitrogens is 3. The molecule has 21 heavy (non-hydrogen) atoms. The van der Waals surface area contributed by atoms with Crippen molar-refractivity contribution in [1.29, 1.82) is 0 Å². The molecule has 1 heterocycles. The summed E-state index contributed by atoms with van der Waals surface area (Å²) < 4.78 is 1.98. The standard InChI is InChI=1S/C16H23ClN4/c1-4-13(18)16(11-8-7-9-12(17)10-11)21-15(6-3)19-14(5-2)20-21/h7-10,13,16H,4-6,18H2,1-3H3. The Morgan fingerprint density at radius 1 is 1.24 bits per heavy atom. The number of benzene rings is 1. The average Bonchev–Trinajstić information content (AvgIpc) is 2.90.